The Morgan fingerprint density at radius 2 is 2.00 bits per heavy atom. The summed E-state index contributed by atoms with van der Waals surface area (Å²) in [6, 6.07) is 0. The normalized spacial score (nSPS) is 6.80. The van der Waals surface area contributed by atoms with E-state index in [1.807, 2.05) is 0 Å². The molecule has 0 aliphatic rings. The van der Waals surface area contributed by atoms with Crippen molar-refractivity contribution < 1.29 is 40.8 Å². The first-order valence-electron chi connectivity index (χ1n) is 2.62. The molecule has 0 aromatic heterocycles. The summed E-state index contributed by atoms with van der Waals surface area (Å²) in [7, 11) is 1.74. The molecule has 59 valence electrons. The summed E-state index contributed by atoms with van der Waals surface area (Å²) in [5, 5.41) is 7.42. The molecule has 0 rings (SSSR count). The number of ether oxygens (including phenoxy) is 1. The van der Waals surface area contributed by atoms with Crippen molar-refractivity contribution in [1.29, 1.82) is 0 Å². The van der Waals surface area contributed by atoms with Gasteiger partial charge in [0.05, 0.1) is 0 Å². The van der Waals surface area contributed by atoms with Gasteiger partial charge in [0.25, 0.3) is 5.97 Å². The molecule has 0 bridgehead atoms. The summed E-state index contributed by atoms with van der Waals surface area (Å²) in [6.45, 7) is 2.06. The molecule has 0 spiro atoms. The van der Waals surface area contributed by atoms with Crippen LogP contribution in [0.2, 0.25) is 3.93 Å². The van der Waals surface area contributed by atoms with Crippen LogP contribution in [0.15, 0.2) is 0 Å². The molecule has 5 heteroatoms. The van der Waals surface area contributed by atoms with E-state index in [-0.39, 0.29) is 12.4 Å². The van der Waals surface area contributed by atoms with Crippen LogP contribution < -0.4 is 0 Å². The van der Waals surface area contributed by atoms with Gasteiger partial charge in [0.15, 0.2) is 0 Å². The van der Waals surface area contributed by atoms with Gasteiger partial charge in [-0.15, -0.1) is 12.4 Å². The van der Waals surface area contributed by atoms with Gasteiger partial charge in [-0.05, 0) is 0 Å². The maximum Gasteiger partial charge on any atom is -0.147 e. The summed E-state index contributed by atoms with van der Waals surface area (Å²) in [5.41, 5.74) is 0. The van der Waals surface area contributed by atoms with Crippen LogP contribution in [-0.2, 0) is 35.7 Å². The summed E-state index contributed by atoms with van der Waals surface area (Å²) >= 11 is 0.948. The van der Waals surface area contributed by atoms with Crippen molar-refractivity contribution in [2.24, 2.45) is 0 Å². The molecule has 0 unspecified atom stereocenters. The minimum absolute atomic E-state index is 0. The number of hydrogen-bond donors (Lipinski definition) is 1. The van der Waals surface area contributed by atoms with Gasteiger partial charge in [-0.3, -0.25) is 4.79 Å². The molecule has 0 amide bonds. The molecule has 0 heterocycles. The molecule has 3 nitrogen and oxygen atoms in total. The molecule has 0 saturated carbocycles. The summed E-state index contributed by atoms with van der Waals surface area (Å²) in [5.74, 6) is -0.833. The number of rotatable bonds is 2. The third-order valence-corrected chi connectivity index (χ3v) is 1.47. The fourth-order valence-corrected chi connectivity index (χ4v) is 1.27. The Bertz CT molecular complexity index is 63.9. The number of carboxylic acids is 1. The first-order chi connectivity index (χ1) is 4.15. The van der Waals surface area contributed by atoms with Crippen LogP contribution in [0.1, 0.15) is 6.92 Å². The molecule has 0 atom stereocenters. The fraction of sp³-hybridized carbons (Fsp3) is 0.800. The minimum Gasteiger partial charge on any atom is -0.147 e. The Morgan fingerprint density at radius 1 is 1.70 bits per heavy atom. The SMILES string of the molecule is CC(=O)O.COC[CH2][Hg].Cl. The van der Waals surface area contributed by atoms with E-state index in [2.05, 4.69) is 0 Å². The van der Waals surface area contributed by atoms with E-state index >= 15 is 0 Å². The average Bonchev–Trinajstić information content (AvgIpc) is 1.66. The van der Waals surface area contributed by atoms with Crippen LogP contribution in [0.5, 0.6) is 0 Å². The molecule has 0 aromatic rings. The predicted octanol–water partition coefficient (Wildman–Crippen LogP) is 1.11. The van der Waals surface area contributed by atoms with Crippen LogP contribution in [-0.4, -0.2) is 24.8 Å². The number of carbonyl (C=O) groups is 1. The first kappa shape index (κ1) is 16.9. The third-order valence-electron chi connectivity index (χ3n) is 0.348. The second-order valence-electron chi connectivity index (χ2n) is 1.37. The quantitative estimate of drug-likeness (QED) is 0.755. The summed E-state index contributed by atoms with van der Waals surface area (Å²) in [6.07, 6.45) is 0. The van der Waals surface area contributed by atoms with Gasteiger partial charge in [-0.25, -0.2) is 0 Å². The van der Waals surface area contributed by atoms with Crippen LogP contribution in [0.4, 0.5) is 0 Å². The Balaban J connectivity index is -0.0000000910. The van der Waals surface area contributed by atoms with Crippen LogP contribution in [0.25, 0.3) is 0 Å². The topological polar surface area (TPSA) is 46.5 Å². The third kappa shape index (κ3) is 71.9. The van der Waals surface area contributed by atoms with Gasteiger partial charge >= 0.3 is 48.5 Å². The van der Waals surface area contributed by atoms with E-state index in [1.54, 1.807) is 7.11 Å². The molecule has 0 radical (unpaired) electrons. The van der Waals surface area contributed by atoms with E-state index in [0.717, 1.165) is 39.7 Å². The first-order valence-corrected chi connectivity index (χ1v) is 6.51. The van der Waals surface area contributed by atoms with E-state index in [9.17, 15) is 0 Å². The minimum atomic E-state index is -0.833. The van der Waals surface area contributed by atoms with Crippen LogP contribution in [0.3, 0.4) is 0 Å². The molecular formula is C5H12ClHgO3. The zero-order valence-corrected chi connectivity index (χ0v) is 12.6. The smallest absolute Gasteiger partial charge is 0.147 e. The standard InChI is InChI=1S/C3H7O.C2H4O2.ClH.Hg/c1-3-4-2;1-2(3)4;;/h1,3H2,2H3;1H3,(H,3,4);1H;. The molecule has 0 aromatic carbocycles. The Labute approximate surface area is 83.5 Å². The van der Waals surface area contributed by atoms with Gasteiger partial charge in [0.2, 0.25) is 0 Å². The maximum atomic E-state index is 9.00. The van der Waals surface area contributed by atoms with E-state index in [4.69, 9.17) is 14.6 Å². The molecule has 0 aliphatic carbocycles. The largest absolute Gasteiger partial charge is 0.147 e. The second kappa shape index (κ2) is 16.3. The summed E-state index contributed by atoms with van der Waals surface area (Å²) in [4.78, 5) is 9.00. The van der Waals surface area contributed by atoms with Gasteiger partial charge in [0, 0.05) is 6.92 Å². The Kier molecular flexibility index (Phi) is 27.7. The molecule has 0 aliphatic heterocycles. The van der Waals surface area contributed by atoms with E-state index in [0.29, 0.717) is 0 Å². The average molecular weight is 356 g/mol. The van der Waals surface area contributed by atoms with Crippen LogP contribution in [0, 0.1) is 0 Å². The van der Waals surface area contributed by atoms with Crippen molar-refractivity contribution in [3.8, 4) is 0 Å². The van der Waals surface area contributed by atoms with Gasteiger partial charge in [0.1, 0.15) is 0 Å². The van der Waals surface area contributed by atoms with Gasteiger partial charge < -0.3 is 5.11 Å². The molecule has 0 saturated heterocycles. The van der Waals surface area contributed by atoms with Crippen molar-refractivity contribution in [1.82, 2.24) is 0 Å². The second-order valence-corrected chi connectivity index (χ2v) is 4.11. The molecule has 10 heavy (non-hydrogen) atoms. The summed E-state index contributed by atoms with van der Waals surface area (Å²) < 4.78 is 6.06. The van der Waals surface area contributed by atoms with Gasteiger partial charge in [-0.1, -0.05) is 0 Å². The fourth-order valence-electron chi connectivity index (χ4n) is 0.144. The number of aliphatic carboxylic acids is 1. The van der Waals surface area contributed by atoms with Crippen molar-refractivity contribution in [2.75, 3.05) is 13.7 Å². The van der Waals surface area contributed by atoms with E-state index < -0.39 is 5.97 Å². The van der Waals surface area contributed by atoms with E-state index in [1.165, 1.54) is 3.93 Å². The molecule has 0 fully saturated rings. The Hall–Kier alpha value is 0.655. The molecule has 1 N–H and O–H groups in total. The number of halogens is 1. The predicted molar refractivity (Wildman–Crippen MR) is 37.2 cm³/mol. The number of carboxylic acid groups (broad SMARTS) is 1. The van der Waals surface area contributed by atoms with Crippen molar-refractivity contribution in [3.05, 3.63) is 0 Å². The molecular weight excluding hydrogens is 344 g/mol. The number of hydrogen-bond acceptors (Lipinski definition) is 2. The van der Waals surface area contributed by atoms with Gasteiger partial charge in [-0.2, -0.15) is 0 Å². The monoisotopic (exact) mass is 357 g/mol. The maximum absolute atomic E-state index is 9.00. The van der Waals surface area contributed by atoms with Crippen molar-refractivity contribution in [3.63, 3.8) is 0 Å². The zero-order chi connectivity index (χ0) is 7.70. The number of methoxy groups -OCH3 is 1. The Morgan fingerprint density at radius 3 is 2.00 bits per heavy atom. The van der Waals surface area contributed by atoms with Crippen LogP contribution >= 0.6 is 12.4 Å². The zero-order valence-electron chi connectivity index (χ0n) is 6.29. The van der Waals surface area contributed by atoms with Crippen molar-refractivity contribution in [2.45, 2.75) is 10.9 Å². The van der Waals surface area contributed by atoms with Crippen molar-refractivity contribution >= 4 is 18.4 Å².